The molecule has 0 bridgehead atoms. The number of aryl methyl sites for hydroxylation is 1. The van der Waals surface area contributed by atoms with Crippen LogP contribution in [0.4, 0.5) is 18.0 Å². The lowest BCUT2D eigenvalue weighted by atomic mass is 9.89. The molecule has 2 amide bonds. The Morgan fingerprint density at radius 1 is 1.15 bits per heavy atom. The number of hydrogen-bond donors (Lipinski definition) is 1. The van der Waals surface area contributed by atoms with Gasteiger partial charge >= 0.3 is 6.09 Å². The van der Waals surface area contributed by atoms with Crippen LogP contribution in [-0.2, 0) is 9.47 Å². The summed E-state index contributed by atoms with van der Waals surface area (Å²) in [6.07, 6.45) is 2.32. The van der Waals surface area contributed by atoms with E-state index in [0.717, 1.165) is 60.3 Å². The fourth-order valence-electron chi connectivity index (χ4n) is 6.20. The molecule has 5 rings (SSSR count). The number of imidazole rings is 1. The van der Waals surface area contributed by atoms with Gasteiger partial charge in [-0.2, -0.15) is 0 Å². The molecule has 2 atom stereocenters. The number of halogens is 3. The van der Waals surface area contributed by atoms with E-state index in [1.165, 1.54) is 6.07 Å². The number of nitrogens with one attached hydrogen (secondary N) is 1. The number of benzene rings is 1. The maximum atomic E-state index is 14.5. The Balaban J connectivity index is 1.30. The minimum absolute atomic E-state index is 0.0383. The lowest BCUT2D eigenvalue weighted by molar-refractivity contribution is -0.0358. The summed E-state index contributed by atoms with van der Waals surface area (Å²) >= 11 is 0. The second-order valence-corrected chi connectivity index (χ2v) is 13.7. The highest BCUT2D eigenvalue weighted by Gasteiger charge is 2.34. The normalized spacial score (nSPS) is 19.5. The predicted octanol–water partition coefficient (Wildman–Crippen LogP) is 6.04. The van der Waals surface area contributed by atoms with E-state index in [1.54, 1.807) is 26.1 Å². The summed E-state index contributed by atoms with van der Waals surface area (Å²) in [5, 5.41) is 2.89. The number of pyridine rings is 1. The third kappa shape index (κ3) is 7.83. The molecule has 4 heterocycles. The predicted molar refractivity (Wildman–Crippen MR) is 169 cm³/mol. The first kappa shape index (κ1) is 33.7. The van der Waals surface area contributed by atoms with E-state index in [2.05, 4.69) is 21.4 Å². The van der Waals surface area contributed by atoms with Gasteiger partial charge in [0.25, 0.3) is 12.3 Å². The molecular formula is C34H44F3N5O4. The van der Waals surface area contributed by atoms with Crippen molar-refractivity contribution in [3.63, 3.8) is 0 Å². The van der Waals surface area contributed by atoms with Crippen molar-refractivity contribution < 1.29 is 32.2 Å². The number of nitrogens with zero attached hydrogens (tertiary/aromatic N) is 4. The summed E-state index contributed by atoms with van der Waals surface area (Å²) in [5.41, 5.74) is 2.44. The second-order valence-electron chi connectivity index (χ2n) is 13.7. The zero-order chi connectivity index (χ0) is 33.3. The van der Waals surface area contributed by atoms with Gasteiger partial charge in [0, 0.05) is 43.4 Å². The molecule has 9 nitrogen and oxygen atoms in total. The average molecular weight is 644 g/mol. The molecule has 1 N–H and O–H groups in total. The zero-order valence-electron chi connectivity index (χ0n) is 27.4. The van der Waals surface area contributed by atoms with Crippen molar-refractivity contribution in [3.8, 4) is 11.1 Å². The summed E-state index contributed by atoms with van der Waals surface area (Å²) in [7, 11) is 0. The first-order valence-electron chi connectivity index (χ1n) is 15.9. The summed E-state index contributed by atoms with van der Waals surface area (Å²) < 4.78 is 54.7. The van der Waals surface area contributed by atoms with Crippen molar-refractivity contribution >= 4 is 17.5 Å². The van der Waals surface area contributed by atoms with Crippen LogP contribution < -0.4 is 5.32 Å². The molecule has 2 aliphatic rings. The molecule has 0 spiro atoms. The van der Waals surface area contributed by atoms with Crippen LogP contribution in [0.5, 0.6) is 0 Å². The largest absolute Gasteiger partial charge is 0.444 e. The summed E-state index contributed by atoms with van der Waals surface area (Å²) in [5.74, 6) is -0.289. The molecule has 1 aromatic carbocycles. The molecule has 3 aromatic rings. The average Bonchev–Trinajstić information content (AvgIpc) is 3.32. The van der Waals surface area contributed by atoms with E-state index in [4.69, 9.17) is 9.47 Å². The van der Waals surface area contributed by atoms with Crippen molar-refractivity contribution in [1.29, 1.82) is 0 Å². The minimum atomic E-state index is -2.72. The van der Waals surface area contributed by atoms with Crippen LogP contribution in [0.2, 0.25) is 0 Å². The number of ether oxygens (including phenoxy) is 2. The maximum absolute atomic E-state index is 14.5. The topological polar surface area (TPSA) is 88.4 Å². The van der Waals surface area contributed by atoms with Crippen LogP contribution >= 0.6 is 0 Å². The molecule has 2 aromatic heterocycles. The molecule has 46 heavy (non-hydrogen) atoms. The molecular weight excluding hydrogens is 599 g/mol. The quantitative estimate of drug-likeness (QED) is 0.306. The zero-order valence-corrected chi connectivity index (χ0v) is 27.4. The van der Waals surface area contributed by atoms with Gasteiger partial charge in [0.15, 0.2) is 0 Å². The molecule has 2 saturated heterocycles. The number of likely N-dealkylation sites (tertiary alicyclic amines) is 1. The summed E-state index contributed by atoms with van der Waals surface area (Å²) in [6, 6.07) is 5.40. The van der Waals surface area contributed by atoms with E-state index in [0.29, 0.717) is 17.7 Å². The second kappa shape index (κ2) is 13.6. The molecule has 2 fully saturated rings. The highest BCUT2D eigenvalue weighted by Crippen LogP contribution is 2.36. The van der Waals surface area contributed by atoms with Gasteiger partial charge in [0.05, 0.1) is 42.6 Å². The van der Waals surface area contributed by atoms with Crippen molar-refractivity contribution in [2.75, 3.05) is 32.8 Å². The van der Waals surface area contributed by atoms with Gasteiger partial charge in [-0.15, -0.1) is 0 Å². The Morgan fingerprint density at radius 3 is 2.52 bits per heavy atom. The van der Waals surface area contributed by atoms with E-state index in [9.17, 15) is 22.8 Å². The van der Waals surface area contributed by atoms with Crippen LogP contribution in [0.1, 0.15) is 75.1 Å². The highest BCUT2D eigenvalue weighted by molar-refractivity contribution is 6.03. The van der Waals surface area contributed by atoms with Gasteiger partial charge < -0.3 is 24.1 Å². The number of amides is 2. The lowest BCUT2D eigenvalue weighted by Gasteiger charge is -2.42. The minimum Gasteiger partial charge on any atom is -0.444 e. The van der Waals surface area contributed by atoms with Gasteiger partial charge in [-0.25, -0.2) is 22.9 Å². The number of carbonyl (C=O) groups is 2. The number of fused-ring (bicyclic) bond motifs is 1. The van der Waals surface area contributed by atoms with Gasteiger partial charge in [0.2, 0.25) is 0 Å². The number of carbonyl (C=O) groups excluding carboxylic acids is 2. The first-order chi connectivity index (χ1) is 21.7. The smallest absolute Gasteiger partial charge is 0.407 e. The van der Waals surface area contributed by atoms with Crippen LogP contribution in [0, 0.1) is 12.7 Å². The SMILES string of the molecule is Cc1ncc2c(-c3ccc(F)cc3C(=O)N(CC(F)F)C(C)C)cc(C3CN(C[C@@H]4CC[C@@H](NC(=O)OC(C)(C)C)CO4)C3)cn12. The van der Waals surface area contributed by atoms with Crippen molar-refractivity contribution in [2.45, 2.75) is 90.5 Å². The molecule has 0 saturated carbocycles. The molecule has 0 radical (unpaired) electrons. The van der Waals surface area contributed by atoms with Crippen LogP contribution in [0.25, 0.3) is 16.6 Å². The van der Waals surface area contributed by atoms with Crippen molar-refractivity contribution in [1.82, 2.24) is 24.5 Å². The molecule has 250 valence electrons. The van der Waals surface area contributed by atoms with Gasteiger partial charge in [0.1, 0.15) is 17.2 Å². The molecule has 2 aliphatic heterocycles. The number of aromatic nitrogens is 2. The Morgan fingerprint density at radius 2 is 1.89 bits per heavy atom. The molecule has 0 aliphatic carbocycles. The van der Waals surface area contributed by atoms with Crippen LogP contribution in [0.15, 0.2) is 36.7 Å². The fourth-order valence-corrected chi connectivity index (χ4v) is 6.20. The standard InChI is InChI=1S/C34H44F3N5O4/c1-20(2)41(18-31(36)37)32(43)29-12-24(35)7-10-27(29)28-11-22(16-42-21(3)38-13-30(28)42)23-14-40(15-23)17-26-9-8-25(19-45-26)39-33(44)46-34(4,5)6/h7,10-13,16,20,23,25-26,31H,8-9,14-15,17-19H2,1-6H3,(H,39,44)/t25-,26+/m1/s1. The number of rotatable bonds is 9. The fraction of sp³-hybridized carbons (Fsp3) is 0.559. The Hall–Kier alpha value is -3.64. The summed E-state index contributed by atoms with van der Waals surface area (Å²) in [4.78, 5) is 33.6. The molecule has 12 heteroatoms. The maximum Gasteiger partial charge on any atom is 0.407 e. The third-order valence-electron chi connectivity index (χ3n) is 8.55. The third-order valence-corrected chi connectivity index (χ3v) is 8.55. The van der Waals surface area contributed by atoms with Crippen molar-refractivity contribution in [2.24, 2.45) is 0 Å². The van der Waals surface area contributed by atoms with E-state index in [-0.39, 0.29) is 23.6 Å². The van der Waals surface area contributed by atoms with Crippen LogP contribution in [0.3, 0.4) is 0 Å². The lowest BCUT2D eigenvalue weighted by Crippen LogP contribution is -2.51. The number of alkyl carbamates (subject to hydrolysis) is 1. The van der Waals surface area contributed by atoms with Gasteiger partial charge in [-0.1, -0.05) is 6.07 Å². The van der Waals surface area contributed by atoms with E-state index < -0.39 is 42.4 Å². The Bertz CT molecular complexity index is 1560. The Kier molecular flexibility index (Phi) is 9.97. The summed E-state index contributed by atoms with van der Waals surface area (Å²) in [6.45, 7) is 12.8. The van der Waals surface area contributed by atoms with Crippen LogP contribution in [-0.4, -0.2) is 94.2 Å². The number of alkyl halides is 2. The number of hydrogen-bond acceptors (Lipinski definition) is 6. The highest BCUT2D eigenvalue weighted by atomic mass is 19.3. The Labute approximate surface area is 268 Å². The van der Waals surface area contributed by atoms with Gasteiger partial charge in [-0.05, 0) is 83.7 Å². The van der Waals surface area contributed by atoms with E-state index in [1.807, 2.05) is 38.2 Å². The van der Waals surface area contributed by atoms with E-state index >= 15 is 0 Å². The van der Waals surface area contributed by atoms with Crippen molar-refractivity contribution in [3.05, 3.63) is 59.4 Å². The first-order valence-corrected chi connectivity index (χ1v) is 15.9. The monoisotopic (exact) mass is 643 g/mol. The van der Waals surface area contributed by atoms with Gasteiger partial charge in [-0.3, -0.25) is 9.69 Å². The molecule has 0 unspecified atom stereocenters.